The van der Waals surface area contributed by atoms with Gasteiger partial charge in [0.2, 0.25) is 0 Å². The molecule has 0 amide bonds. The molecule has 0 atom stereocenters. The molecule has 0 N–H and O–H groups in total. The number of halogens is 1. The Labute approximate surface area is 143 Å². The van der Waals surface area contributed by atoms with Crippen molar-refractivity contribution in [3.05, 3.63) is 83.4 Å². The fourth-order valence-electron chi connectivity index (χ4n) is 2.38. The summed E-state index contributed by atoms with van der Waals surface area (Å²) in [4.78, 5) is 3.88. The van der Waals surface area contributed by atoms with Crippen LogP contribution in [0.15, 0.2) is 61.2 Å². The minimum Gasteiger partial charge on any atom is -0.248 e. The average molecular weight is 329 g/mol. The molecule has 1 heterocycles. The summed E-state index contributed by atoms with van der Waals surface area (Å²) in [7, 11) is 0. The van der Waals surface area contributed by atoms with Crippen molar-refractivity contribution in [1.29, 1.82) is 10.5 Å². The lowest BCUT2D eigenvalue weighted by molar-refractivity contribution is 0.695. The minimum atomic E-state index is -0.412. The first kappa shape index (κ1) is 16.1. The Morgan fingerprint density at radius 1 is 0.920 bits per heavy atom. The number of allylic oxidation sites excluding steroid dienone is 1. The summed E-state index contributed by atoms with van der Waals surface area (Å²) in [5, 5.41) is 21.8. The van der Waals surface area contributed by atoms with E-state index < -0.39 is 5.83 Å². The van der Waals surface area contributed by atoms with E-state index >= 15 is 4.39 Å². The topological polar surface area (TPSA) is 78.3 Å². The molecule has 5 nitrogen and oxygen atoms in total. The number of aromatic nitrogens is 3. The molecule has 0 bridgehead atoms. The van der Waals surface area contributed by atoms with E-state index in [1.807, 2.05) is 12.1 Å². The van der Waals surface area contributed by atoms with Crippen molar-refractivity contribution in [3.63, 3.8) is 0 Å². The summed E-state index contributed by atoms with van der Waals surface area (Å²) < 4.78 is 16.7. The Hall–Kier alpha value is -3.77. The van der Waals surface area contributed by atoms with Crippen LogP contribution in [0.4, 0.5) is 4.39 Å². The highest BCUT2D eigenvalue weighted by Gasteiger charge is 2.13. The van der Waals surface area contributed by atoms with Gasteiger partial charge in [-0.2, -0.15) is 15.6 Å². The number of rotatable bonds is 4. The van der Waals surface area contributed by atoms with Crippen LogP contribution in [-0.2, 0) is 6.54 Å². The Morgan fingerprint density at radius 2 is 1.48 bits per heavy atom. The molecular formula is C19H12FN5. The van der Waals surface area contributed by atoms with E-state index in [1.165, 1.54) is 17.3 Å². The molecule has 0 aliphatic carbocycles. The normalized spacial score (nSPS) is 11.3. The maximum Gasteiger partial charge on any atom is 0.137 e. The zero-order valence-corrected chi connectivity index (χ0v) is 13.1. The first-order valence-electron chi connectivity index (χ1n) is 7.43. The van der Waals surface area contributed by atoms with Crippen LogP contribution in [0.5, 0.6) is 0 Å². The number of hydrogen-bond acceptors (Lipinski definition) is 4. The van der Waals surface area contributed by atoms with Gasteiger partial charge in [-0.05, 0) is 29.8 Å². The van der Waals surface area contributed by atoms with E-state index in [-0.39, 0.29) is 6.54 Å². The van der Waals surface area contributed by atoms with Gasteiger partial charge in [0.15, 0.2) is 0 Å². The fourth-order valence-corrected chi connectivity index (χ4v) is 2.38. The van der Waals surface area contributed by atoms with Crippen LogP contribution in [0, 0.1) is 22.7 Å². The Morgan fingerprint density at radius 3 is 1.96 bits per heavy atom. The molecule has 0 radical (unpaired) electrons. The lowest BCUT2D eigenvalue weighted by Crippen LogP contribution is -2.03. The standard InChI is InChI=1S/C19H12FN5/c20-19(17-7-3-15(10-22)4-8-17)18(11-25-13-23-12-24-25)16-5-1-14(9-21)2-6-16/h1-8,12-13H,11H2. The van der Waals surface area contributed by atoms with E-state index in [1.54, 1.807) is 48.5 Å². The van der Waals surface area contributed by atoms with Crippen LogP contribution < -0.4 is 0 Å². The van der Waals surface area contributed by atoms with Crippen LogP contribution in [0.25, 0.3) is 11.4 Å². The molecule has 6 heteroatoms. The quantitative estimate of drug-likeness (QED) is 0.686. The summed E-state index contributed by atoms with van der Waals surface area (Å²) in [6, 6.07) is 17.0. The highest BCUT2D eigenvalue weighted by Crippen LogP contribution is 2.29. The van der Waals surface area contributed by atoms with Gasteiger partial charge in [-0.15, -0.1) is 0 Å². The third kappa shape index (κ3) is 3.60. The van der Waals surface area contributed by atoms with E-state index in [0.29, 0.717) is 27.8 Å². The van der Waals surface area contributed by atoms with Gasteiger partial charge in [-0.1, -0.05) is 24.3 Å². The second kappa shape index (κ2) is 7.20. The van der Waals surface area contributed by atoms with Crippen LogP contribution >= 0.6 is 0 Å². The molecule has 1 aromatic heterocycles. The van der Waals surface area contributed by atoms with Crippen molar-refractivity contribution in [1.82, 2.24) is 14.8 Å². The molecule has 2 aromatic carbocycles. The lowest BCUT2D eigenvalue weighted by Gasteiger charge is -2.11. The molecule has 0 saturated heterocycles. The largest absolute Gasteiger partial charge is 0.248 e. The molecule has 120 valence electrons. The van der Waals surface area contributed by atoms with Gasteiger partial charge in [0, 0.05) is 11.1 Å². The summed E-state index contributed by atoms with van der Waals surface area (Å²) in [6.45, 7) is 0.192. The molecule has 0 spiro atoms. The van der Waals surface area contributed by atoms with Gasteiger partial charge >= 0.3 is 0 Å². The van der Waals surface area contributed by atoms with Crippen LogP contribution in [0.2, 0.25) is 0 Å². The van der Waals surface area contributed by atoms with Crippen LogP contribution in [-0.4, -0.2) is 14.8 Å². The molecule has 0 unspecified atom stereocenters. The van der Waals surface area contributed by atoms with Crippen LogP contribution in [0.1, 0.15) is 22.3 Å². The molecule has 3 aromatic rings. The van der Waals surface area contributed by atoms with Gasteiger partial charge in [-0.3, -0.25) is 0 Å². The molecular weight excluding hydrogens is 317 g/mol. The minimum absolute atomic E-state index is 0.192. The van der Waals surface area contributed by atoms with Crippen molar-refractivity contribution in [3.8, 4) is 12.1 Å². The van der Waals surface area contributed by atoms with Crippen molar-refractivity contribution >= 4 is 11.4 Å². The number of benzene rings is 2. The fraction of sp³-hybridized carbons (Fsp3) is 0.0526. The maximum absolute atomic E-state index is 15.2. The Balaban J connectivity index is 2.07. The van der Waals surface area contributed by atoms with Crippen molar-refractivity contribution in [2.75, 3.05) is 0 Å². The van der Waals surface area contributed by atoms with E-state index in [9.17, 15) is 0 Å². The third-order valence-electron chi connectivity index (χ3n) is 3.68. The van der Waals surface area contributed by atoms with Gasteiger partial charge in [0.05, 0.1) is 29.8 Å². The monoisotopic (exact) mass is 329 g/mol. The highest BCUT2D eigenvalue weighted by molar-refractivity contribution is 5.87. The second-order valence-corrected chi connectivity index (χ2v) is 5.26. The van der Waals surface area contributed by atoms with E-state index in [0.717, 1.165) is 0 Å². The zero-order valence-electron chi connectivity index (χ0n) is 13.1. The maximum atomic E-state index is 15.2. The SMILES string of the molecule is N#Cc1ccc(C(F)=C(Cn2cncn2)c2ccc(C#N)cc2)cc1. The van der Waals surface area contributed by atoms with Gasteiger partial charge in [0.25, 0.3) is 0 Å². The smallest absolute Gasteiger partial charge is 0.137 e. The summed E-state index contributed by atoms with van der Waals surface area (Å²) in [5.41, 5.74) is 2.41. The first-order valence-corrected chi connectivity index (χ1v) is 7.43. The average Bonchev–Trinajstić information content (AvgIpc) is 3.19. The second-order valence-electron chi connectivity index (χ2n) is 5.26. The molecule has 3 rings (SSSR count). The van der Waals surface area contributed by atoms with E-state index in [2.05, 4.69) is 10.1 Å². The van der Waals surface area contributed by atoms with Crippen LogP contribution in [0.3, 0.4) is 0 Å². The number of nitriles is 2. The Kier molecular flexibility index (Phi) is 4.64. The molecule has 25 heavy (non-hydrogen) atoms. The third-order valence-corrected chi connectivity index (χ3v) is 3.68. The van der Waals surface area contributed by atoms with E-state index in [4.69, 9.17) is 10.5 Å². The van der Waals surface area contributed by atoms with Crippen molar-refractivity contribution in [2.24, 2.45) is 0 Å². The highest BCUT2D eigenvalue weighted by atomic mass is 19.1. The van der Waals surface area contributed by atoms with Crippen molar-refractivity contribution in [2.45, 2.75) is 6.54 Å². The number of nitrogens with zero attached hydrogens (tertiary/aromatic N) is 5. The Bertz CT molecular complexity index is 972. The van der Waals surface area contributed by atoms with Gasteiger partial charge < -0.3 is 0 Å². The number of hydrogen-bond donors (Lipinski definition) is 0. The first-order chi connectivity index (χ1) is 12.2. The lowest BCUT2D eigenvalue weighted by atomic mass is 10.00. The predicted octanol–water partition coefficient (Wildman–Crippen LogP) is 3.56. The van der Waals surface area contributed by atoms with Crippen molar-refractivity contribution < 1.29 is 4.39 Å². The summed E-state index contributed by atoms with van der Waals surface area (Å²) in [5.74, 6) is -0.412. The molecule has 0 aliphatic heterocycles. The molecule has 0 saturated carbocycles. The van der Waals surface area contributed by atoms with Gasteiger partial charge in [0.1, 0.15) is 18.5 Å². The van der Waals surface area contributed by atoms with Gasteiger partial charge in [-0.25, -0.2) is 14.1 Å². The zero-order chi connectivity index (χ0) is 17.6. The molecule has 0 fully saturated rings. The summed E-state index contributed by atoms with van der Waals surface area (Å²) >= 11 is 0. The summed E-state index contributed by atoms with van der Waals surface area (Å²) in [6.07, 6.45) is 2.89. The predicted molar refractivity (Wildman–Crippen MR) is 90.3 cm³/mol. The molecule has 0 aliphatic rings.